The van der Waals surface area contributed by atoms with Gasteiger partial charge in [0, 0.05) is 40.3 Å². The molecule has 200 valence electrons. The van der Waals surface area contributed by atoms with Crippen LogP contribution >= 0.6 is 0 Å². The van der Waals surface area contributed by atoms with Crippen molar-refractivity contribution in [2.45, 2.75) is 31.3 Å². The minimum atomic E-state index is -0.116. The molecule has 0 bridgehead atoms. The molecule has 0 aromatic heterocycles. The van der Waals surface area contributed by atoms with Crippen LogP contribution in [0.1, 0.15) is 30.9 Å². The molecule has 2 heterocycles. The van der Waals surface area contributed by atoms with Crippen LogP contribution in [-0.4, -0.2) is 11.6 Å². The first kappa shape index (κ1) is 25.2. The maximum absolute atomic E-state index is 4.32. The lowest BCUT2D eigenvalue weighted by Gasteiger charge is -2.39. The Morgan fingerprint density at radius 2 is 1.29 bits per heavy atom. The van der Waals surface area contributed by atoms with Crippen LogP contribution in [0.5, 0.6) is 0 Å². The number of rotatable bonds is 3. The van der Waals surface area contributed by atoms with Crippen LogP contribution < -0.4 is 9.80 Å². The van der Waals surface area contributed by atoms with Crippen molar-refractivity contribution in [1.82, 2.24) is 0 Å². The molecule has 3 aliphatic rings. The summed E-state index contributed by atoms with van der Waals surface area (Å²) in [5, 5.41) is 0. The quantitative estimate of drug-likeness (QED) is 0.260. The van der Waals surface area contributed by atoms with E-state index in [4.69, 9.17) is 0 Å². The lowest BCUT2D eigenvalue weighted by molar-refractivity contribution is 0.542. The van der Waals surface area contributed by atoms with Gasteiger partial charge in [-0.1, -0.05) is 116 Å². The van der Waals surface area contributed by atoms with E-state index in [0.717, 1.165) is 16.8 Å². The van der Waals surface area contributed by atoms with Crippen LogP contribution in [0.2, 0.25) is 0 Å². The lowest BCUT2D eigenvalue weighted by Crippen LogP contribution is -2.41. The van der Waals surface area contributed by atoms with E-state index in [1.807, 2.05) is 0 Å². The van der Waals surface area contributed by atoms with Crippen LogP contribution in [0.25, 0.3) is 16.7 Å². The number of para-hydroxylation sites is 2. The van der Waals surface area contributed by atoms with Crippen LogP contribution in [0.15, 0.2) is 152 Å². The highest BCUT2D eigenvalue weighted by Crippen LogP contribution is 2.53. The molecule has 3 atom stereocenters. The molecule has 1 aliphatic carbocycles. The molecule has 0 spiro atoms. The number of allylic oxidation sites excluding steroid dienone is 6. The Bertz CT molecular complexity index is 1740. The van der Waals surface area contributed by atoms with Crippen molar-refractivity contribution in [2.75, 3.05) is 9.80 Å². The second-order valence-electron chi connectivity index (χ2n) is 11.3. The SMILES string of the molecule is C=C1/C=C\C=C/C(C)N(c2ccc(-c3ccc(N4c5ccccc5C5C=CC=CC54C)cc3)cc2)c2ccccc21. The van der Waals surface area contributed by atoms with Gasteiger partial charge in [0.15, 0.2) is 0 Å². The Morgan fingerprint density at radius 1 is 0.659 bits per heavy atom. The average Bonchev–Trinajstić information content (AvgIpc) is 3.30. The fraction of sp³-hybridized carbons (Fsp3) is 0.128. The summed E-state index contributed by atoms with van der Waals surface area (Å²) in [5.41, 5.74) is 10.7. The second-order valence-corrected chi connectivity index (χ2v) is 11.3. The Kier molecular flexibility index (Phi) is 6.12. The van der Waals surface area contributed by atoms with Gasteiger partial charge in [-0.2, -0.15) is 0 Å². The fourth-order valence-electron chi connectivity index (χ4n) is 6.73. The van der Waals surface area contributed by atoms with Gasteiger partial charge in [0.05, 0.1) is 5.54 Å². The summed E-state index contributed by atoms with van der Waals surface area (Å²) in [7, 11) is 0. The minimum absolute atomic E-state index is 0.116. The monoisotopic (exact) mass is 530 g/mol. The molecule has 2 nitrogen and oxygen atoms in total. The zero-order valence-corrected chi connectivity index (χ0v) is 23.6. The van der Waals surface area contributed by atoms with E-state index in [1.54, 1.807) is 0 Å². The van der Waals surface area contributed by atoms with E-state index in [9.17, 15) is 0 Å². The van der Waals surface area contributed by atoms with E-state index >= 15 is 0 Å². The summed E-state index contributed by atoms with van der Waals surface area (Å²) >= 11 is 0. The van der Waals surface area contributed by atoms with Crippen molar-refractivity contribution in [1.29, 1.82) is 0 Å². The van der Waals surface area contributed by atoms with Gasteiger partial charge in [0.1, 0.15) is 0 Å². The highest BCUT2D eigenvalue weighted by Gasteiger charge is 2.46. The molecular formula is C39H34N2. The highest BCUT2D eigenvalue weighted by molar-refractivity contribution is 5.85. The maximum Gasteiger partial charge on any atom is 0.0712 e. The predicted molar refractivity (Wildman–Crippen MR) is 175 cm³/mol. The fourth-order valence-corrected chi connectivity index (χ4v) is 6.73. The van der Waals surface area contributed by atoms with Crippen molar-refractivity contribution in [3.8, 4) is 11.1 Å². The van der Waals surface area contributed by atoms with E-state index < -0.39 is 0 Å². The third-order valence-corrected chi connectivity index (χ3v) is 8.79. The molecule has 0 saturated heterocycles. The minimum Gasteiger partial charge on any atom is -0.334 e. The van der Waals surface area contributed by atoms with E-state index in [0.29, 0.717) is 5.92 Å². The average molecular weight is 531 g/mol. The summed E-state index contributed by atoms with van der Waals surface area (Å²) in [6.45, 7) is 8.90. The van der Waals surface area contributed by atoms with Crippen LogP contribution in [0.4, 0.5) is 22.7 Å². The van der Waals surface area contributed by atoms with Crippen molar-refractivity contribution in [3.63, 3.8) is 0 Å². The Labute approximate surface area is 243 Å². The first-order valence-corrected chi connectivity index (χ1v) is 14.4. The molecule has 2 aliphatic heterocycles. The molecule has 0 amide bonds. The second kappa shape index (κ2) is 9.98. The molecule has 0 radical (unpaired) electrons. The third kappa shape index (κ3) is 4.19. The van der Waals surface area contributed by atoms with Crippen molar-refractivity contribution in [3.05, 3.63) is 163 Å². The molecule has 3 unspecified atom stereocenters. The number of hydrogen-bond donors (Lipinski definition) is 0. The molecule has 0 N–H and O–H groups in total. The van der Waals surface area contributed by atoms with Crippen LogP contribution in [0, 0.1) is 0 Å². The van der Waals surface area contributed by atoms with Gasteiger partial charge >= 0.3 is 0 Å². The van der Waals surface area contributed by atoms with Crippen LogP contribution in [-0.2, 0) is 0 Å². The molecule has 41 heavy (non-hydrogen) atoms. The molecule has 7 rings (SSSR count). The number of anilines is 4. The molecule has 0 fully saturated rings. The summed E-state index contributed by atoms with van der Waals surface area (Å²) in [4.78, 5) is 4.89. The predicted octanol–water partition coefficient (Wildman–Crippen LogP) is 10.1. The van der Waals surface area contributed by atoms with Gasteiger partial charge in [-0.05, 0) is 72.5 Å². The maximum atomic E-state index is 4.32. The van der Waals surface area contributed by atoms with Crippen molar-refractivity contribution >= 4 is 28.3 Å². The first-order valence-electron chi connectivity index (χ1n) is 14.4. The number of benzene rings is 4. The number of fused-ring (bicyclic) bond motifs is 4. The van der Waals surface area contributed by atoms with Crippen molar-refractivity contribution in [2.24, 2.45) is 0 Å². The topological polar surface area (TPSA) is 6.48 Å². The number of hydrogen-bond acceptors (Lipinski definition) is 2. The summed E-state index contributed by atoms with van der Waals surface area (Å²) in [5.74, 6) is 0.346. The molecule has 4 aromatic carbocycles. The highest BCUT2D eigenvalue weighted by atomic mass is 15.2. The summed E-state index contributed by atoms with van der Waals surface area (Å²) in [6, 6.07) is 35.5. The molecular weight excluding hydrogens is 496 g/mol. The Morgan fingerprint density at radius 3 is 2.05 bits per heavy atom. The van der Waals surface area contributed by atoms with Gasteiger partial charge in [0.25, 0.3) is 0 Å². The molecule has 0 saturated carbocycles. The van der Waals surface area contributed by atoms with Crippen LogP contribution in [0.3, 0.4) is 0 Å². The van der Waals surface area contributed by atoms with Gasteiger partial charge in [-0.15, -0.1) is 0 Å². The first-order chi connectivity index (χ1) is 20.0. The van der Waals surface area contributed by atoms with E-state index in [1.165, 1.54) is 33.8 Å². The lowest BCUT2D eigenvalue weighted by atomic mass is 9.80. The Hall–Kier alpha value is -4.82. The third-order valence-electron chi connectivity index (χ3n) is 8.79. The summed E-state index contributed by atoms with van der Waals surface area (Å²) in [6.07, 6.45) is 17.6. The largest absolute Gasteiger partial charge is 0.334 e. The normalized spacial score (nSPS) is 24.1. The standard InChI is InChI=1S/C39H34N2/c1-28-12-4-5-13-29(2)40(37-17-8-6-14-34(28)37)32-23-19-30(20-24-32)31-21-25-33(26-22-31)41-38-18-9-7-15-35(38)36-16-10-11-27-39(36,41)3/h4-27,29,36H,1H2,2-3H3/b12-4-,13-5-. The van der Waals surface area contributed by atoms with Gasteiger partial charge in [-0.25, -0.2) is 0 Å². The van der Waals surface area contributed by atoms with E-state index in [2.05, 4.69) is 176 Å². The zero-order valence-electron chi connectivity index (χ0n) is 23.6. The summed E-state index contributed by atoms with van der Waals surface area (Å²) < 4.78 is 0. The zero-order chi connectivity index (χ0) is 28.0. The number of nitrogens with zero attached hydrogens (tertiary/aromatic N) is 2. The van der Waals surface area contributed by atoms with Gasteiger partial charge in [-0.3, -0.25) is 0 Å². The van der Waals surface area contributed by atoms with Gasteiger partial charge in [0.2, 0.25) is 0 Å². The van der Waals surface area contributed by atoms with Gasteiger partial charge < -0.3 is 9.80 Å². The van der Waals surface area contributed by atoms with E-state index in [-0.39, 0.29) is 11.6 Å². The van der Waals surface area contributed by atoms with Crippen molar-refractivity contribution < 1.29 is 0 Å². The smallest absolute Gasteiger partial charge is 0.0712 e. The molecule has 4 aromatic rings. The molecule has 2 heteroatoms. The Balaban J connectivity index is 1.21.